The fraction of sp³-hybridized carbons (Fsp3) is 0.296. The van der Waals surface area contributed by atoms with Gasteiger partial charge in [-0.15, -0.1) is 0 Å². The second-order valence-electron chi connectivity index (χ2n) is 8.80. The molecule has 0 radical (unpaired) electrons. The normalized spacial score (nSPS) is 14.1. The van der Waals surface area contributed by atoms with Gasteiger partial charge in [-0.05, 0) is 49.8 Å². The Hall–Kier alpha value is -3.87. The third kappa shape index (κ3) is 3.98. The topological polar surface area (TPSA) is 110 Å². The maximum atomic E-state index is 12.7. The number of rotatable bonds is 6. The zero-order chi connectivity index (χ0) is 23.8. The number of nitrogens with one attached hydrogen (secondary N) is 1. The highest BCUT2D eigenvalue weighted by atomic mass is 16.4. The molecular weight excluding hydrogens is 434 g/mol. The first kappa shape index (κ1) is 21.9. The summed E-state index contributed by atoms with van der Waals surface area (Å²) in [5, 5.41) is 14.0. The van der Waals surface area contributed by atoms with Crippen LogP contribution in [0.15, 0.2) is 56.1 Å². The molecule has 0 saturated heterocycles. The number of carbonyl (C=O) groups excluding carboxylic acids is 1. The van der Waals surface area contributed by atoms with Gasteiger partial charge in [-0.3, -0.25) is 4.79 Å². The van der Waals surface area contributed by atoms with Crippen molar-refractivity contribution in [1.29, 1.82) is 0 Å². The van der Waals surface area contributed by atoms with Crippen LogP contribution in [0.1, 0.15) is 53.3 Å². The summed E-state index contributed by atoms with van der Waals surface area (Å²) in [6.45, 7) is 1.86. The highest BCUT2D eigenvalue weighted by Gasteiger charge is 2.23. The molecule has 7 nitrogen and oxygen atoms in total. The Kier molecular flexibility index (Phi) is 5.69. The highest BCUT2D eigenvalue weighted by Crippen LogP contribution is 2.35. The standard InChI is InChI=1S/C27H25NO6/c1-15-17(11-12-24(29)28-25(26(30)31)16-7-3-2-4-8-16)27(32)34-22-14-23-20(13-19(15)22)18-9-5-6-10-21(18)33-23/h2-4,7-8,13-14,25H,5-6,9-12H2,1H3,(H,28,29)(H,30,31). The van der Waals surface area contributed by atoms with Crippen LogP contribution < -0.4 is 10.9 Å². The third-order valence-corrected chi connectivity index (χ3v) is 6.65. The molecule has 2 heterocycles. The molecular formula is C27H25NO6. The first-order valence-corrected chi connectivity index (χ1v) is 11.5. The zero-order valence-electron chi connectivity index (χ0n) is 18.8. The van der Waals surface area contributed by atoms with Gasteiger partial charge in [0.25, 0.3) is 0 Å². The molecule has 1 unspecified atom stereocenters. The second-order valence-corrected chi connectivity index (χ2v) is 8.80. The lowest BCUT2D eigenvalue weighted by Gasteiger charge is -2.15. The molecule has 174 valence electrons. The summed E-state index contributed by atoms with van der Waals surface area (Å²) in [6, 6.07) is 11.2. The molecule has 0 bridgehead atoms. The number of carboxylic acids is 1. The number of furan rings is 1. The van der Waals surface area contributed by atoms with E-state index in [0.29, 0.717) is 16.7 Å². The molecule has 2 aromatic heterocycles. The largest absolute Gasteiger partial charge is 0.479 e. The van der Waals surface area contributed by atoms with E-state index < -0.39 is 23.5 Å². The second kappa shape index (κ2) is 8.82. The number of hydrogen-bond acceptors (Lipinski definition) is 5. The number of aryl methyl sites for hydroxylation is 3. The van der Waals surface area contributed by atoms with Crippen LogP contribution in [-0.4, -0.2) is 17.0 Å². The maximum Gasteiger partial charge on any atom is 0.339 e. The molecule has 1 aliphatic carbocycles. The average Bonchev–Trinajstić information content (AvgIpc) is 3.19. The Balaban J connectivity index is 1.41. The Morgan fingerprint density at radius 1 is 1.03 bits per heavy atom. The van der Waals surface area contributed by atoms with Crippen molar-refractivity contribution in [3.05, 3.63) is 80.9 Å². The monoisotopic (exact) mass is 459 g/mol. The van der Waals surface area contributed by atoms with Crippen molar-refractivity contribution in [2.75, 3.05) is 0 Å². The van der Waals surface area contributed by atoms with E-state index in [2.05, 4.69) is 5.32 Å². The Morgan fingerprint density at radius 3 is 2.53 bits per heavy atom. The number of hydrogen-bond donors (Lipinski definition) is 2. The fourth-order valence-electron chi connectivity index (χ4n) is 4.84. The van der Waals surface area contributed by atoms with Gasteiger partial charge in [-0.1, -0.05) is 30.3 Å². The Labute approximate surface area is 195 Å². The number of benzene rings is 2. The van der Waals surface area contributed by atoms with E-state index in [-0.39, 0.29) is 12.8 Å². The number of amides is 1. The summed E-state index contributed by atoms with van der Waals surface area (Å²) in [5.41, 5.74) is 3.60. The number of carbonyl (C=O) groups is 2. The Morgan fingerprint density at radius 2 is 1.76 bits per heavy atom. The van der Waals surface area contributed by atoms with Gasteiger partial charge in [0.15, 0.2) is 6.04 Å². The van der Waals surface area contributed by atoms with Crippen LogP contribution in [-0.2, 0) is 28.9 Å². The van der Waals surface area contributed by atoms with E-state index in [1.807, 2.05) is 13.0 Å². The molecule has 0 fully saturated rings. The van der Waals surface area contributed by atoms with Gasteiger partial charge >= 0.3 is 11.6 Å². The molecule has 2 N–H and O–H groups in total. The van der Waals surface area contributed by atoms with Gasteiger partial charge in [-0.25, -0.2) is 9.59 Å². The predicted molar refractivity (Wildman–Crippen MR) is 127 cm³/mol. The van der Waals surface area contributed by atoms with Crippen molar-refractivity contribution in [3.8, 4) is 0 Å². The molecule has 1 aliphatic rings. The quantitative estimate of drug-likeness (QED) is 0.408. The number of aliphatic carboxylic acids is 1. The SMILES string of the molecule is Cc1c(CCC(=O)NC(C(=O)O)c2ccccc2)c(=O)oc2cc3oc4c(c3cc12)CCCC4. The first-order valence-electron chi connectivity index (χ1n) is 11.5. The van der Waals surface area contributed by atoms with Gasteiger partial charge in [0, 0.05) is 40.8 Å². The average molecular weight is 459 g/mol. The smallest absolute Gasteiger partial charge is 0.339 e. The minimum absolute atomic E-state index is 0.0307. The lowest BCUT2D eigenvalue weighted by atomic mass is 9.94. The minimum atomic E-state index is -1.15. The van der Waals surface area contributed by atoms with Gasteiger partial charge in [0.2, 0.25) is 5.91 Å². The van der Waals surface area contributed by atoms with Crippen molar-refractivity contribution in [2.24, 2.45) is 0 Å². The highest BCUT2D eigenvalue weighted by molar-refractivity contribution is 5.97. The van der Waals surface area contributed by atoms with Gasteiger partial charge in [-0.2, -0.15) is 0 Å². The van der Waals surface area contributed by atoms with E-state index >= 15 is 0 Å². The van der Waals surface area contributed by atoms with Crippen molar-refractivity contribution < 1.29 is 23.5 Å². The first-order chi connectivity index (χ1) is 16.4. The summed E-state index contributed by atoms with van der Waals surface area (Å²) < 4.78 is 11.6. The van der Waals surface area contributed by atoms with Crippen LogP contribution in [0, 0.1) is 6.92 Å². The lowest BCUT2D eigenvalue weighted by Crippen LogP contribution is -2.34. The number of fused-ring (bicyclic) bond motifs is 4. The molecule has 7 heteroatoms. The molecule has 1 atom stereocenters. The van der Waals surface area contributed by atoms with Crippen LogP contribution in [0.2, 0.25) is 0 Å². The summed E-state index contributed by atoms with van der Waals surface area (Å²) >= 11 is 0. The molecule has 0 spiro atoms. The summed E-state index contributed by atoms with van der Waals surface area (Å²) in [4.78, 5) is 37.0. The molecule has 0 saturated carbocycles. The molecule has 34 heavy (non-hydrogen) atoms. The van der Waals surface area contributed by atoms with E-state index in [9.17, 15) is 19.5 Å². The molecule has 1 amide bonds. The van der Waals surface area contributed by atoms with Crippen LogP contribution in [0.5, 0.6) is 0 Å². The van der Waals surface area contributed by atoms with Gasteiger partial charge in [0.05, 0.1) is 0 Å². The van der Waals surface area contributed by atoms with Crippen LogP contribution in [0.25, 0.3) is 21.9 Å². The molecule has 0 aliphatic heterocycles. The maximum absolute atomic E-state index is 12.7. The van der Waals surface area contributed by atoms with Gasteiger partial charge < -0.3 is 19.3 Å². The third-order valence-electron chi connectivity index (χ3n) is 6.65. The number of carboxylic acid groups (broad SMARTS) is 1. The molecule has 5 rings (SSSR count). The summed E-state index contributed by atoms with van der Waals surface area (Å²) in [7, 11) is 0. The van der Waals surface area contributed by atoms with E-state index in [1.54, 1.807) is 36.4 Å². The van der Waals surface area contributed by atoms with Gasteiger partial charge in [0.1, 0.15) is 16.9 Å². The van der Waals surface area contributed by atoms with Crippen molar-refractivity contribution >= 4 is 33.8 Å². The predicted octanol–water partition coefficient (Wildman–Crippen LogP) is 4.60. The van der Waals surface area contributed by atoms with E-state index in [4.69, 9.17) is 8.83 Å². The molecule has 2 aromatic carbocycles. The summed E-state index contributed by atoms with van der Waals surface area (Å²) in [5.74, 6) is -0.581. The van der Waals surface area contributed by atoms with Crippen molar-refractivity contribution in [2.45, 2.75) is 51.5 Å². The fourth-order valence-corrected chi connectivity index (χ4v) is 4.84. The van der Waals surface area contributed by atoms with Crippen molar-refractivity contribution in [1.82, 2.24) is 5.32 Å². The molecule has 4 aromatic rings. The van der Waals surface area contributed by atoms with Crippen LogP contribution >= 0.6 is 0 Å². The lowest BCUT2D eigenvalue weighted by molar-refractivity contribution is -0.142. The van der Waals surface area contributed by atoms with Crippen LogP contribution in [0.4, 0.5) is 0 Å². The van der Waals surface area contributed by atoms with Crippen molar-refractivity contribution in [3.63, 3.8) is 0 Å². The van der Waals surface area contributed by atoms with E-state index in [0.717, 1.165) is 53.4 Å². The zero-order valence-corrected chi connectivity index (χ0v) is 18.8. The van der Waals surface area contributed by atoms with Crippen LogP contribution in [0.3, 0.4) is 0 Å². The Bertz CT molecular complexity index is 1460. The minimum Gasteiger partial charge on any atom is -0.479 e. The van der Waals surface area contributed by atoms with E-state index in [1.165, 1.54) is 5.56 Å². The summed E-state index contributed by atoms with van der Waals surface area (Å²) in [6.07, 6.45) is 4.26.